The maximum Gasteiger partial charge on any atom is 0.248 e. The molecule has 7 nitrogen and oxygen atoms in total. The molecule has 2 rings (SSSR count). The van der Waals surface area contributed by atoms with Crippen molar-refractivity contribution in [3.05, 3.63) is 35.9 Å². The predicted octanol–water partition coefficient (Wildman–Crippen LogP) is 1.15. The summed E-state index contributed by atoms with van der Waals surface area (Å²) in [5, 5.41) is 2.64. The van der Waals surface area contributed by atoms with E-state index in [1.807, 2.05) is 44.2 Å². The molecular formula is C18H28N2O5S. The minimum atomic E-state index is -3.43. The van der Waals surface area contributed by atoms with E-state index >= 15 is 0 Å². The van der Waals surface area contributed by atoms with Crippen LogP contribution in [0.5, 0.6) is 0 Å². The first-order valence-electron chi connectivity index (χ1n) is 8.84. The summed E-state index contributed by atoms with van der Waals surface area (Å²) in [7, 11) is -3.43. The highest BCUT2D eigenvalue weighted by molar-refractivity contribution is 7.89. The Morgan fingerprint density at radius 3 is 2.50 bits per heavy atom. The number of sulfonamides is 1. The molecule has 1 aliphatic rings. The van der Waals surface area contributed by atoms with Crippen LogP contribution in [0.1, 0.15) is 26.3 Å². The summed E-state index contributed by atoms with van der Waals surface area (Å²) in [4.78, 5) is 12.1. The monoisotopic (exact) mass is 384 g/mol. The fraction of sp³-hybridized carbons (Fsp3) is 0.611. The number of hydrogen-bond donors (Lipinski definition) is 1. The lowest BCUT2D eigenvalue weighted by molar-refractivity contribution is -0.132. The Kier molecular flexibility index (Phi) is 7.57. The van der Waals surface area contributed by atoms with Crippen molar-refractivity contribution in [3.63, 3.8) is 0 Å². The summed E-state index contributed by atoms with van der Waals surface area (Å²) >= 11 is 0. The standard InChI is InChI=1S/C18H28N2O5S/c1-14-11-20(12-15(2)25-14)26(22,23)10-9-19-18(21)16(3)24-13-17-7-5-4-6-8-17/h4-8,14-16H,9-13H2,1-3H3,(H,19,21)/t14-,15+,16-/m0/s1. The molecule has 1 N–H and O–H groups in total. The van der Waals surface area contributed by atoms with Gasteiger partial charge in [0.25, 0.3) is 0 Å². The molecule has 0 spiro atoms. The van der Waals surface area contributed by atoms with Gasteiger partial charge in [0.2, 0.25) is 15.9 Å². The lowest BCUT2D eigenvalue weighted by Gasteiger charge is -2.34. The number of ether oxygens (including phenoxy) is 2. The highest BCUT2D eigenvalue weighted by Crippen LogP contribution is 2.14. The SMILES string of the molecule is C[C@@H]1CN(S(=O)(=O)CCNC(=O)[C@H](C)OCc2ccccc2)C[C@H](C)O1. The lowest BCUT2D eigenvalue weighted by atomic mass is 10.2. The highest BCUT2D eigenvalue weighted by Gasteiger charge is 2.30. The van der Waals surface area contributed by atoms with E-state index in [0.29, 0.717) is 19.7 Å². The van der Waals surface area contributed by atoms with Crippen molar-refractivity contribution in [1.82, 2.24) is 9.62 Å². The number of amides is 1. The van der Waals surface area contributed by atoms with Gasteiger partial charge in [0.15, 0.2) is 0 Å². The van der Waals surface area contributed by atoms with Crippen LogP contribution in [-0.4, -0.2) is 62.3 Å². The second-order valence-electron chi connectivity index (χ2n) is 6.62. The lowest BCUT2D eigenvalue weighted by Crippen LogP contribution is -2.50. The van der Waals surface area contributed by atoms with Crippen LogP contribution in [0.15, 0.2) is 30.3 Å². The van der Waals surface area contributed by atoms with E-state index in [0.717, 1.165) is 5.56 Å². The van der Waals surface area contributed by atoms with Crippen LogP contribution in [-0.2, 0) is 30.9 Å². The van der Waals surface area contributed by atoms with Gasteiger partial charge in [-0.2, -0.15) is 4.31 Å². The van der Waals surface area contributed by atoms with Gasteiger partial charge in [0, 0.05) is 19.6 Å². The van der Waals surface area contributed by atoms with Crippen LogP contribution in [0.4, 0.5) is 0 Å². The smallest absolute Gasteiger partial charge is 0.248 e. The fourth-order valence-electron chi connectivity index (χ4n) is 2.81. The zero-order valence-electron chi connectivity index (χ0n) is 15.6. The summed E-state index contributed by atoms with van der Waals surface area (Å²) in [6.07, 6.45) is -0.912. The van der Waals surface area contributed by atoms with Crippen LogP contribution < -0.4 is 5.32 Å². The number of nitrogens with zero attached hydrogens (tertiary/aromatic N) is 1. The number of carbonyl (C=O) groups excluding carboxylic acids is 1. The van der Waals surface area contributed by atoms with E-state index in [1.165, 1.54) is 4.31 Å². The van der Waals surface area contributed by atoms with Crippen LogP contribution in [0.3, 0.4) is 0 Å². The Morgan fingerprint density at radius 1 is 1.27 bits per heavy atom. The summed E-state index contributed by atoms with van der Waals surface area (Å²) in [5.74, 6) is -0.455. The molecule has 1 saturated heterocycles. The molecule has 26 heavy (non-hydrogen) atoms. The molecule has 0 bridgehead atoms. The predicted molar refractivity (Wildman–Crippen MR) is 99.1 cm³/mol. The normalized spacial score (nSPS) is 22.7. The number of nitrogens with one attached hydrogen (secondary N) is 1. The molecule has 0 unspecified atom stereocenters. The van der Waals surface area contributed by atoms with Crippen LogP contribution in [0, 0.1) is 0 Å². The first kappa shape index (κ1) is 20.8. The Bertz CT molecular complexity index is 670. The summed E-state index contributed by atoms with van der Waals surface area (Å²) in [6, 6.07) is 9.56. The summed E-state index contributed by atoms with van der Waals surface area (Å²) < 4.78 is 37.4. The van der Waals surface area contributed by atoms with Crippen molar-refractivity contribution in [3.8, 4) is 0 Å². The second kappa shape index (κ2) is 9.45. The molecule has 1 aromatic rings. The molecule has 1 amide bonds. The molecule has 8 heteroatoms. The minimum absolute atomic E-state index is 0.0559. The fourth-order valence-corrected chi connectivity index (χ4v) is 4.30. The summed E-state index contributed by atoms with van der Waals surface area (Å²) in [6.45, 7) is 6.43. The van der Waals surface area contributed by atoms with Crippen molar-refractivity contribution in [1.29, 1.82) is 0 Å². The second-order valence-corrected chi connectivity index (χ2v) is 8.71. The zero-order valence-corrected chi connectivity index (χ0v) is 16.4. The van der Waals surface area contributed by atoms with Gasteiger partial charge in [-0.05, 0) is 26.3 Å². The first-order valence-corrected chi connectivity index (χ1v) is 10.5. The highest BCUT2D eigenvalue weighted by atomic mass is 32.2. The maximum atomic E-state index is 12.4. The van der Waals surface area contributed by atoms with Gasteiger partial charge in [-0.1, -0.05) is 30.3 Å². The third kappa shape index (κ3) is 6.35. The van der Waals surface area contributed by atoms with Gasteiger partial charge in [-0.25, -0.2) is 8.42 Å². The van der Waals surface area contributed by atoms with Crippen molar-refractivity contribution >= 4 is 15.9 Å². The number of morpholine rings is 1. The van der Waals surface area contributed by atoms with Crippen molar-refractivity contribution < 1.29 is 22.7 Å². The molecule has 0 saturated carbocycles. The molecule has 1 aliphatic heterocycles. The third-order valence-corrected chi connectivity index (χ3v) is 5.96. The maximum absolute atomic E-state index is 12.4. The average molecular weight is 384 g/mol. The third-order valence-electron chi connectivity index (χ3n) is 4.15. The van der Waals surface area contributed by atoms with Gasteiger partial charge < -0.3 is 14.8 Å². The molecular weight excluding hydrogens is 356 g/mol. The Labute approximate surface area is 155 Å². The summed E-state index contributed by atoms with van der Waals surface area (Å²) in [5.41, 5.74) is 0.977. The first-order chi connectivity index (χ1) is 12.3. The van der Waals surface area contributed by atoms with Crippen LogP contribution in [0.25, 0.3) is 0 Å². The minimum Gasteiger partial charge on any atom is -0.373 e. The van der Waals surface area contributed by atoms with E-state index in [2.05, 4.69) is 5.32 Å². The van der Waals surface area contributed by atoms with Crippen LogP contribution in [0.2, 0.25) is 0 Å². The number of rotatable bonds is 8. The molecule has 0 aliphatic carbocycles. The van der Waals surface area contributed by atoms with Crippen molar-refractivity contribution in [2.24, 2.45) is 0 Å². The van der Waals surface area contributed by atoms with Gasteiger partial charge >= 0.3 is 0 Å². The molecule has 0 radical (unpaired) electrons. The van der Waals surface area contributed by atoms with E-state index in [4.69, 9.17) is 9.47 Å². The van der Waals surface area contributed by atoms with Gasteiger partial charge in [0.05, 0.1) is 24.6 Å². The molecule has 1 fully saturated rings. The van der Waals surface area contributed by atoms with E-state index in [1.54, 1.807) is 6.92 Å². The van der Waals surface area contributed by atoms with Crippen molar-refractivity contribution in [2.45, 2.75) is 45.7 Å². The Morgan fingerprint density at radius 2 is 1.88 bits per heavy atom. The number of hydrogen-bond acceptors (Lipinski definition) is 5. The molecule has 1 aromatic carbocycles. The quantitative estimate of drug-likeness (QED) is 0.727. The number of carbonyl (C=O) groups is 1. The van der Waals surface area contributed by atoms with Crippen molar-refractivity contribution in [2.75, 3.05) is 25.4 Å². The molecule has 0 aromatic heterocycles. The molecule has 146 valence electrons. The van der Waals surface area contributed by atoms with E-state index < -0.39 is 16.1 Å². The van der Waals surface area contributed by atoms with E-state index in [-0.39, 0.29) is 30.4 Å². The zero-order chi connectivity index (χ0) is 19.2. The van der Waals surface area contributed by atoms with Gasteiger partial charge in [-0.3, -0.25) is 4.79 Å². The van der Waals surface area contributed by atoms with E-state index in [9.17, 15) is 13.2 Å². The Balaban J connectivity index is 1.74. The van der Waals surface area contributed by atoms with Gasteiger partial charge in [0.1, 0.15) is 6.10 Å². The average Bonchev–Trinajstić information content (AvgIpc) is 2.59. The molecule has 1 heterocycles. The largest absolute Gasteiger partial charge is 0.373 e. The molecule has 3 atom stereocenters. The number of benzene rings is 1. The van der Waals surface area contributed by atoms with Crippen LogP contribution >= 0.6 is 0 Å². The topological polar surface area (TPSA) is 84.9 Å². The van der Waals surface area contributed by atoms with Gasteiger partial charge in [-0.15, -0.1) is 0 Å². The Hall–Kier alpha value is -1.48.